The summed E-state index contributed by atoms with van der Waals surface area (Å²) < 4.78 is 5.04. The molecule has 2 aromatic rings. The second kappa shape index (κ2) is 11.6. The molecule has 4 rings (SSSR count). The summed E-state index contributed by atoms with van der Waals surface area (Å²) in [4.78, 5) is 43.0. The van der Waals surface area contributed by atoms with E-state index in [0.29, 0.717) is 30.0 Å². The van der Waals surface area contributed by atoms with Gasteiger partial charge in [0.1, 0.15) is 6.61 Å². The van der Waals surface area contributed by atoms with Gasteiger partial charge in [0.2, 0.25) is 5.91 Å². The summed E-state index contributed by atoms with van der Waals surface area (Å²) in [6, 6.07) is 14.6. The lowest BCUT2D eigenvalue weighted by Gasteiger charge is -2.28. The Balaban J connectivity index is 1.55. The summed E-state index contributed by atoms with van der Waals surface area (Å²) in [5, 5.41) is 21.3. The van der Waals surface area contributed by atoms with Crippen LogP contribution in [-0.4, -0.2) is 65.9 Å². The van der Waals surface area contributed by atoms with Crippen molar-refractivity contribution in [3.63, 3.8) is 0 Å². The van der Waals surface area contributed by atoms with Gasteiger partial charge in [-0.1, -0.05) is 55.5 Å². The highest BCUT2D eigenvalue weighted by atomic mass is 16.6. The van der Waals surface area contributed by atoms with Crippen molar-refractivity contribution < 1.29 is 29.3 Å². The summed E-state index contributed by atoms with van der Waals surface area (Å²) in [7, 11) is 0. The van der Waals surface area contributed by atoms with Gasteiger partial charge < -0.3 is 24.7 Å². The van der Waals surface area contributed by atoms with Crippen LogP contribution >= 0.6 is 0 Å². The molecular weight excluding hydrogens is 486 g/mol. The van der Waals surface area contributed by atoms with Crippen LogP contribution < -0.4 is 9.80 Å². The molecule has 0 unspecified atom stereocenters. The summed E-state index contributed by atoms with van der Waals surface area (Å²) >= 11 is 0. The van der Waals surface area contributed by atoms with Crippen LogP contribution in [0.3, 0.4) is 0 Å². The Kier molecular flexibility index (Phi) is 8.29. The number of anilines is 2. The summed E-state index contributed by atoms with van der Waals surface area (Å²) in [5.41, 5.74) is 0.517. The molecule has 38 heavy (non-hydrogen) atoms. The van der Waals surface area contributed by atoms with Gasteiger partial charge >= 0.3 is 6.09 Å². The first-order valence-electron chi connectivity index (χ1n) is 12.6. The third kappa shape index (κ3) is 5.20. The van der Waals surface area contributed by atoms with Gasteiger partial charge in [-0.2, -0.15) is 0 Å². The third-order valence-electron chi connectivity index (χ3n) is 6.95. The summed E-state index contributed by atoms with van der Waals surface area (Å²) in [6.45, 7) is 6.72. The van der Waals surface area contributed by atoms with Crippen LogP contribution in [0, 0.1) is 5.92 Å². The predicted molar refractivity (Wildman–Crippen MR) is 143 cm³/mol. The zero-order valence-electron chi connectivity index (χ0n) is 21.5. The molecular formula is C29H33N3O6. The predicted octanol–water partition coefficient (Wildman–Crippen LogP) is 2.97. The van der Waals surface area contributed by atoms with Crippen molar-refractivity contribution in [1.82, 2.24) is 4.90 Å². The molecule has 2 N–H and O–H groups in total. The van der Waals surface area contributed by atoms with Crippen molar-refractivity contribution in [3.05, 3.63) is 84.5 Å². The van der Waals surface area contributed by atoms with Gasteiger partial charge in [-0.3, -0.25) is 14.5 Å². The molecule has 0 bridgehead atoms. The van der Waals surface area contributed by atoms with Crippen molar-refractivity contribution in [2.75, 3.05) is 42.6 Å². The number of cyclic esters (lactones) is 1. The molecule has 9 heteroatoms. The van der Waals surface area contributed by atoms with Crippen molar-refractivity contribution >= 4 is 29.3 Å². The maximum absolute atomic E-state index is 13.5. The van der Waals surface area contributed by atoms with E-state index in [1.807, 2.05) is 30.3 Å². The number of aliphatic hydroxyl groups excluding tert-OH is 1. The average Bonchev–Trinajstić information content (AvgIpc) is 3.44. The smallest absolute Gasteiger partial charge is 0.414 e. The van der Waals surface area contributed by atoms with Gasteiger partial charge in [-0.25, -0.2) is 4.79 Å². The van der Waals surface area contributed by atoms with E-state index in [1.165, 1.54) is 9.80 Å². The fourth-order valence-electron chi connectivity index (χ4n) is 4.90. The van der Waals surface area contributed by atoms with Gasteiger partial charge in [0.15, 0.2) is 5.60 Å². The third-order valence-corrected chi connectivity index (χ3v) is 6.95. The zero-order valence-corrected chi connectivity index (χ0v) is 21.5. The Morgan fingerprint density at radius 1 is 1.24 bits per heavy atom. The molecule has 0 aromatic heterocycles. The van der Waals surface area contributed by atoms with Crippen LogP contribution in [-0.2, 0) is 26.5 Å². The minimum Gasteiger partial charge on any atom is -0.447 e. The Hall–Kier alpha value is -3.95. The van der Waals surface area contributed by atoms with E-state index >= 15 is 0 Å². The number of hydrogen-bond acceptors (Lipinski definition) is 6. The van der Waals surface area contributed by atoms with Crippen molar-refractivity contribution in [1.29, 1.82) is 0 Å². The van der Waals surface area contributed by atoms with Crippen LogP contribution in [0.2, 0.25) is 0 Å². The second-order valence-corrected chi connectivity index (χ2v) is 9.38. The number of amides is 3. The highest BCUT2D eigenvalue weighted by molar-refractivity contribution is 6.08. The number of fused-ring (bicyclic) bond motifs is 1. The number of nitrogens with zero attached hydrogens (tertiary/aromatic N) is 3. The molecule has 1 saturated heterocycles. The number of benzene rings is 2. The minimum atomic E-state index is -1.90. The lowest BCUT2D eigenvalue weighted by molar-refractivity contribution is -0.139. The molecule has 2 atom stereocenters. The number of carbonyl (C=O) groups excluding carboxylic acids is 3. The fourth-order valence-corrected chi connectivity index (χ4v) is 4.90. The monoisotopic (exact) mass is 519 g/mol. The Morgan fingerprint density at radius 3 is 2.66 bits per heavy atom. The molecule has 0 spiro atoms. The van der Waals surface area contributed by atoms with Crippen LogP contribution in [0.1, 0.15) is 24.5 Å². The van der Waals surface area contributed by atoms with Gasteiger partial charge in [0, 0.05) is 43.2 Å². The highest BCUT2D eigenvalue weighted by Crippen LogP contribution is 2.46. The average molecular weight is 520 g/mol. The van der Waals surface area contributed by atoms with Crippen molar-refractivity contribution in [2.24, 2.45) is 5.92 Å². The molecule has 2 aliphatic heterocycles. The first-order chi connectivity index (χ1) is 18.3. The van der Waals surface area contributed by atoms with E-state index in [9.17, 15) is 24.6 Å². The standard InChI is InChI=1S/C29H33N3O6/c1-3-14-32-25-13-12-23(31-16-18-38-28(31)36)19-24(25)29(37,27(32)35)21(2)8-7-11-26(34)30(15-17-33)20-22-9-5-4-6-10-22/h3-10,12-13,19,21,33,37H,1,11,14-18,20H2,2H3/b8-7+/t21-,29+/m0/s1. The first-order valence-corrected chi connectivity index (χ1v) is 12.6. The Morgan fingerprint density at radius 2 is 2.00 bits per heavy atom. The molecule has 1 fully saturated rings. The topological polar surface area (TPSA) is 111 Å². The molecule has 2 heterocycles. The van der Waals surface area contributed by atoms with E-state index in [2.05, 4.69) is 6.58 Å². The number of hydrogen-bond donors (Lipinski definition) is 2. The quantitative estimate of drug-likeness (QED) is 0.442. The first kappa shape index (κ1) is 27.1. The fraction of sp³-hybridized carbons (Fsp3) is 0.345. The Labute approximate surface area is 222 Å². The van der Waals surface area contributed by atoms with E-state index < -0.39 is 23.5 Å². The van der Waals surface area contributed by atoms with Crippen LogP contribution in [0.4, 0.5) is 16.2 Å². The SMILES string of the molecule is C=CCN1C(=O)[C@@](O)([C@@H](C)/C=C/CC(=O)N(CCO)Cc2ccccc2)c2cc(N3CCOC3=O)ccc21. The maximum Gasteiger partial charge on any atom is 0.414 e. The van der Waals surface area contributed by atoms with Crippen molar-refractivity contribution in [2.45, 2.75) is 25.5 Å². The van der Waals surface area contributed by atoms with Crippen molar-refractivity contribution in [3.8, 4) is 0 Å². The van der Waals surface area contributed by atoms with Crippen LogP contribution in [0.15, 0.2) is 73.3 Å². The highest BCUT2D eigenvalue weighted by Gasteiger charge is 2.52. The van der Waals surface area contributed by atoms with E-state index in [0.717, 1.165) is 5.56 Å². The molecule has 3 amide bonds. The van der Waals surface area contributed by atoms with Gasteiger partial charge in [0.05, 0.1) is 18.8 Å². The molecule has 2 aliphatic rings. The second-order valence-electron chi connectivity index (χ2n) is 9.38. The van der Waals surface area contributed by atoms with E-state index in [-0.39, 0.29) is 38.6 Å². The lowest BCUT2D eigenvalue weighted by atomic mass is 9.82. The number of rotatable bonds is 11. The Bertz CT molecular complexity index is 1230. The lowest BCUT2D eigenvalue weighted by Crippen LogP contribution is -2.44. The van der Waals surface area contributed by atoms with E-state index in [1.54, 1.807) is 48.3 Å². The maximum atomic E-state index is 13.5. The van der Waals surface area contributed by atoms with Crippen LogP contribution in [0.5, 0.6) is 0 Å². The molecule has 0 radical (unpaired) electrons. The van der Waals surface area contributed by atoms with Gasteiger partial charge in [-0.15, -0.1) is 6.58 Å². The zero-order chi connectivity index (χ0) is 27.3. The van der Waals surface area contributed by atoms with Gasteiger partial charge in [0.25, 0.3) is 5.91 Å². The van der Waals surface area contributed by atoms with Crippen LogP contribution in [0.25, 0.3) is 0 Å². The van der Waals surface area contributed by atoms with E-state index in [4.69, 9.17) is 4.74 Å². The largest absolute Gasteiger partial charge is 0.447 e. The minimum absolute atomic E-state index is 0.0460. The summed E-state index contributed by atoms with van der Waals surface area (Å²) in [6.07, 6.45) is 4.46. The number of carbonyl (C=O) groups is 3. The number of ether oxygens (including phenoxy) is 1. The molecule has 9 nitrogen and oxygen atoms in total. The molecule has 200 valence electrons. The van der Waals surface area contributed by atoms with Gasteiger partial charge in [-0.05, 0) is 23.8 Å². The normalized spacial score (nSPS) is 19.6. The summed E-state index contributed by atoms with van der Waals surface area (Å²) in [5.74, 6) is -1.36. The molecule has 0 aliphatic carbocycles. The molecule has 2 aromatic carbocycles. The number of aliphatic hydroxyl groups is 2. The molecule has 0 saturated carbocycles.